The van der Waals surface area contributed by atoms with Crippen molar-refractivity contribution in [2.75, 3.05) is 0 Å². The Labute approximate surface area is 187 Å². The van der Waals surface area contributed by atoms with E-state index in [0.29, 0.717) is 12.0 Å². The molecule has 4 aromatic rings. The predicted octanol–water partition coefficient (Wildman–Crippen LogP) is 5.31. The van der Waals surface area contributed by atoms with Gasteiger partial charge in [-0.05, 0) is 29.8 Å². The zero-order chi connectivity index (χ0) is 23.5. The van der Waals surface area contributed by atoms with Crippen LogP contribution in [0.1, 0.15) is 21.5 Å². The summed E-state index contributed by atoms with van der Waals surface area (Å²) in [4.78, 5) is 19.8. The number of nitrogens with one attached hydrogen (secondary N) is 2. The van der Waals surface area contributed by atoms with Crippen molar-refractivity contribution >= 4 is 34.9 Å². The Bertz CT molecular complexity index is 1310. The van der Waals surface area contributed by atoms with Gasteiger partial charge >= 0.3 is 0 Å². The normalized spacial score (nSPS) is 11.4. The zero-order valence-corrected chi connectivity index (χ0v) is 17.3. The molecule has 2 N–H and O–H groups in total. The standard InChI is InChI=1S/C22H13F5N4OS/c23-16-13(17(24)19(26)20(27)18(16)25)9-28-31-21(32)12-7-5-11(6-8-12)10-33-22-29-14-3-1-2-4-15(14)30-22/h1-9H,10H2,(H,29,30)(H,31,32)/b28-9+. The van der Waals surface area contributed by atoms with E-state index >= 15 is 0 Å². The summed E-state index contributed by atoms with van der Waals surface area (Å²) in [6.45, 7) is 0. The van der Waals surface area contributed by atoms with Crippen LogP contribution >= 0.6 is 11.8 Å². The van der Waals surface area contributed by atoms with Crippen molar-refractivity contribution in [1.29, 1.82) is 0 Å². The van der Waals surface area contributed by atoms with Crippen molar-refractivity contribution in [3.05, 3.63) is 94.3 Å². The summed E-state index contributed by atoms with van der Waals surface area (Å²) in [5, 5.41) is 4.04. The number of hydrazone groups is 1. The SMILES string of the molecule is O=C(N/N=C/c1c(F)c(F)c(F)c(F)c1F)c1ccc(CSc2nc3ccccc3[nH]2)cc1. The molecule has 0 aliphatic heterocycles. The molecule has 1 heterocycles. The van der Waals surface area contributed by atoms with E-state index in [-0.39, 0.29) is 5.56 Å². The predicted molar refractivity (Wildman–Crippen MR) is 113 cm³/mol. The van der Waals surface area contributed by atoms with E-state index in [1.807, 2.05) is 29.7 Å². The molecule has 1 aromatic heterocycles. The van der Waals surface area contributed by atoms with Gasteiger partial charge in [0.05, 0.1) is 22.8 Å². The quantitative estimate of drug-likeness (QED) is 0.0989. The lowest BCUT2D eigenvalue weighted by Crippen LogP contribution is -2.18. The number of thioether (sulfide) groups is 1. The Morgan fingerprint density at radius 3 is 2.24 bits per heavy atom. The summed E-state index contributed by atoms with van der Waals surface area (Å²) in [5.41, 5.74) is 3.60. The summed E-state index contributed by atoms with van der Waals surface area (Å²) in [5.74, 6) is -10.7. The fourth-order valence-corrected chi connectivity index (χ4v) is 3.70. The molecule has 1 amide bonds. The highest BCUT2D eigenvalue weighted by molar-refractivity contribution is 7.98. The van der Waals surface area contributed by atoms with Crippen molar-refractivity contribution in [2.45, 2.75) is 10.9 Å². The number of nitrogens with zero attached hydrogens (tertiary/aromatic N) is 2. The maximum Gasteiger partial charge on any atom is 0.271 e. The number of fused-ring (bicyclic) bond motifs is 1. The van der Waals surface area contributed by atoms with Crippen LogP contribution in [0.25, 0.3) is 11.0 Å². The van der Waals surface area contributed by atoms with Crippen molar-refractivity contribution in [3.63, 3.8) is 0 Å². The fourth-order valence-electron chi connectivity index (χ4n) is 2.86. The van der Waals surface area contributed by atoms with Gasteiger partial charge in [0.2, 0.25) is 5.82 Å². The Balaban J connectivity index is 1.37. The number of rotatable bonds is 6. The molecule has 0 bridgehead atoms. The Hall–Kier alpha value is -3.73. The molecular formula is C22H13F5N4OS. The van der Waals surface area contributed by atoms with E-state index < -0.39 is 40.6 Å². The molecule has 0 aliphatic carbocycles. The number of benzene rings is 3. The van der Waals surface area contributed by atoms with Crippen LogP contribution in [0, 0.1) is 29.1 Å². The van der Waals surface area contributed by atoms with E-state index in [1.165, 1.54) is 23.9 Å². The number of amides is 1. The molecule has 0 radical (unpaired) electrons. The largest absolute Gasteiger partial charge is 0.333 e. The van der Waals surface area contributed by atoms with Crippen molar-refractivity contribution < 1.29 is 26.7 Å². The molecule has 168 valence electrons. The number of hydrogen-bond acceptors (Lipinski definition) is 4. The zero-order valence-electron chi connectivity index (χ0n) is 16.5. The summed E-state index contributed by atoms with van der Waals surface area (Å²) < 4.78 is 66.7. The molecule has 0 aliphatic rings. The second kappa shape index (κ2) is 9.41. The van der Waals surface area contributed by atoms with Gasteiger partial charge in [0.1, 0.15) is 0 Å². The molecule has 11 heteroatoms. The van der Waals surface area contributed by atoms with Gasteiger partial charge in [0, 0.05) is 11.3 Å². The van der Waals surface area contributed by atoms with Crippen LogP contribution in [-0.2, 0) is 5.75 Å². The third-order valence-electron chi connectivity index (χ3n) is 4.56. The van der Waals surface area contributed by atoms with Gasteiger partial charge < -0.3 is 4.98 Å². The molecule has 0 saturated carbocycles. The first-order chi connectivity index (χ1) is 15.8. The molecule has 4 rings (SSSR count). The number of imidazole rings is 1. The molecule has 33 heavy (non-hydrogen) atoms. The lowest BCUT2D eigenvalue weighted by molar-refractivity contribution is 0.0955. The minimum absolute atomic E-state index is 0.182. The molecule has 0 atom stereocenters. The van der Waals surface area contributed by atoms with Gasteiger partial charge in [-0.25, -0.2) is 32.4 Å². The minimum atomic E-state index is -2.27. The first-order valence-corrected chi connectivity index (χ1v) is 10.3. The van der Waals surface area contributed by atoms with E-state index in [4.69, 9.17) is 0 Å². The number of carbonyl (C=O) groups excluding carboxylic acids is 1. The minimum Gasteiger partial charge on any atom is -0.333 e. The third kappa shape index (κ3) is 4.72. The second-order valence-electron chi connectivity index (χ2n) is 6.73. The van der Waals surface area contributed by atoms with Crippen LogP contribution in [0.4, 0.5) is 22.0 Å². The lowest BCUT2D eigenvalue weighted by atomic mass is 10.1. The molecule has 0 unspecified atom stereocenters. The van der Waals surface area contributed by atoms with Crippen LogP contribution in [0.3, 0.4) is 0 Å². The van der Waals surface area contributed by atoms with Gasteiger partial charge in [0.15, 0.2) is 28.4 Å². The van der Waals surface area contributed by atoms with Crippen LogP contribution in [0.15, 0.2) is 58.8 Å². The number of hydrogen-bond donors (Lipinski definition) is 2. The number of aromatic amines is 1. The highest BCUT2D eigenvalue weighted by atomic mass is 32.2. The first-order valence-electron chi connectivity index (χ1n) is 9.36. The molecule has 0 fully saturated rings. The van der Waals surface area contributed by atoms with Crippen LogP contribution < -0.4 is 5.43 Å². The highest BCUT2D eigenvalue weighted by Gasteiger charge is 2.24. The molecule has 0 saturated heterocycles. The number of aromatic nitrogens is 2. The third-order valence-corrected chi connectivity index (χ3v) is 5.51. The van der Waals surface area contributed by atoms with Crippen molar-refractivity contribution in [3.8, 4) is 0 Å². The Morgan fingerprint density at radius 1 is 0.939 bits per heavy atom. The molecule has 5 nitrogen and oxygen atoms in total. The lowest BCUT2D eigenvalue weighted by Gasteiger charge is -2.05. The Kier molecular flexibility index (Phi) is 6.40. The fraction of sp³-hybridized carbons (Fsp3) is 0.0455. The van der Waals surface area contributed by atoms with E-state index in [0.717, 1.165) is 21.8 Å². The highest BCUT2D eigenvalue weighted by Crippen LogP contribution is 2.23. The van der Waals surface area contributed by atoms with Gasteiger partial charge in [0.25, 0.3) is 5.91 Å². The topological polar surface area (TPSA) is 70.1 Å². The van der Waals surface area contributed by atoms with E-state index in [2.05, 4.69) is 15.1 Å². The van der Waals surface area contributed by atoms with E-state index in [1.54, 1.807) is 12.1 Å². The van der Waals surface area contributed by atoms with Crippen molar-refractivity contribution in [2.24, 2.45) is 5.10 Å². The molecule has 3 aromatic carbocycles. The second-order valence-corrected chi connectivity index (χ2v) is 7.69. The average Bonchev–Trinajstić information content (AvgIpc) is 3.25. The van der Waals surface area contributed by atoms with Crippen LogP contribution in [0.2, 0.25) is 0 Å². The Morgan fingerprint density at radius 2 is 1.58 bits per heavy atom. The maximum absolute atomic E-state index is 13.6. The summed E-state index contributed by atoms with van der Waals surface area (Å²) in [6.07, 6.45) is 0.354. The van der Waals surface area contributed by atoms with Crippen molar-refractivity contribution in [1.82, 2.24) is 15.4 Å². The first kappa shape index (κ1) is 22.5. The number of halogens is 5. The number of para-hydroxylation sites is 2. The van der Waals surface area contributed by atoms with Gasteiger partial charge in [-0.1, -0.05) is 36.0 Å². The van der Waals surface area contributed by atoms with Crippen LogP contribution in [0.5, 0.6) is 0 Å². The van der Waals surface area contributed by atoms with E-state index in [9.17, 15) is 26.7 Å². The average molecular weight is 476 g/mol. The molecular weight excluding hydrogens is 463 g/mol. The monoisotopic (exact) mass is 476 g/mol. The van der Waals surface area contributed by atoms with Gasteiger partial charge in [-0.3, -0.25) is 4.79 Å². The summed E-state index contributed by atoms with van der Waals surface area (Å²) in [7, 11) is 0. The maximum atomic E-state index is 13.6. The summed E-state index contributed by atoms with van der Waals surface area (Å²) >= 11 is 1.48. The summed E-state index contributed by atoms with van der Waals surface area (Å²) in [6, 6.07) is 14.1. The van der Waals surface area contributed by atoms with Gasteiger partial charge in [-0.2, -0.15) is 5.10 Å². The molecule has 0 spiro atoms. The number of H-pyrrole nitrogens is 1. The van der Waals surface area contributed by atoms with Gasteiger partial charge in [-0.15, -0.1) is 0 Å². The number of carbonyl (C=O) groups is 1. The smallest absolute Gasteiger partial charge is 0.271 e. The van der Waals surface area contributed by atoms with Crippen LogP contribution in [-0.4, -0.2) is 22.1 Å².